The Bertz CT molecular complexity index is 2520. The standard InChI is InChI=1S/2C23H27.C12H7Si.2ClH.Zr/c2*1-6-17-9-7-8-10-21(17)23-20(16(4)5)12-11-18-13-19(15(2)3)14-22(18)23;1-3-7-11-9(5-1)10-6-2-4-8-12(10)13-11;;;/h2*7-16H,6H2,1-5H3;1-7H;2*1H;/q3*-1;;;+2/p-2. The molecule has 318 valence electrons. The van der Waals surface area contributed by atoms with E-state index in [-0.39, 0.29) is 0 Å². The van der Waals surface area contributed by atoms with Crippen LogP contribution in [0.5, 0.6) is 0 Å². The summed E-state index contributed by atoms with van der Waals surface area (Å²) in [6.07, 6.45) is 2.14. The van der Waals surface area contributed by atoms with Gasteiger partial charge in [0.15, 0.2) is 0 Å². The van der Waals surface area contributed by atoms with Crippen molar-refractivity contribution in [2.45, 2.75) is 106 Å². The Kier molecular flexibility index (Phi) is 17.1. The molecule has 0 nitrogen and oxygen atoms in total. The van der Waals surface area contributed by atoms with Gasteiger partial charge in [0.1, 0.15) is 0 Å². The molecule has 0 saturated carbocycles. The average Bonchev–Trinajstić information content (AvgIpc) is 4.02. The number of halogens is 2. The fraction of sp³-hybridized carbons (Fsp3) is 0.276. The first-order chi connectivity index (χ1) is 29.9. The van der Waals surface area contributed by atoms with Crippen molar-refractivity contribution in [3.05, 3.63) is 179 Å². The van der Waals surface area contributed by atoms with Gasteiger partial charge in [0, 0.05) is 0 Å². The molecular formula is C58H61Cl2SiZr-3. The Morgan fingerprint density at radius 1 is 0.516 bits per heavy atom. The van der Waals surface area contributed by atoms with Crippen LogP contribution in [-0.2, 0) is 33.7 Å². The summed E-state index contributed by atoms with van der Waals surface area (Å²) in [6.45, 7) is 22.8. The molecule has 1 aliphatic rings. The number of benzene rings is 6. The second-order valence-electron chi connectivity index (χ2n) is 17.5. The van der Waals surface area contributed by atoms with E-state index in [4.69, 9.17) is 17.0 Å². The van der Waals surface area contributed by atoms with Crippen molar-refractivity contribution < 1.29 is 20.8 Å². The first-order valence-electron chi connectivity index (χ1n) is 22.4. The molecule has 8 aromatic carbocycles. The fourth-order valence-electron chi connectivity index (χ4n) is 8.75. The average molecular weight is 948 g/mol. The van der Waals surface area contributed by atoms with Gasteiger partial charge in [0.05, 0.1) is 9.52 Å². The molecule has 2 radical (unpaired) electrons. The summed E-state index contributed by atoms with van der Waals surface area (Å²) in [7, 11) is 10.7. The molecule has 1 heterocycles. The fourth-order valence-corrected chi connectivity index (χ4v) is 10.1. The minimum absolute atomic E-state index is 0.525. The van der Waals surface area contributed by atoms with Crippen LogP contribution in [0.15, 0.2) is 140 Å². The van der Waals surface area contributed by atoms with Crippen LogP contribution in [0.3, 0.4) is 0 Å². The van der Waals surface area contributed by atoms with Gasteiger partial charge in [-0.3, -0.25) is 0 Å². The first kappa shape index (κ1) is 47.7. The number of hydrogen-bond donors (Lipinski definition) is 0. The monoisotopic (exact) mass is 945 g/mol. The van der Waals surface area contributed by atoms with Gasteiger partial charge in [-0.05, 0) is 58.8 Å². The third-order valence-electron chi connectivity index (χ3n) is 12.1. The van der Waals surface area contributed by atoms with E-state index in [0.29, 0.717) is 23.7 Å². The molecule has 9 rings (SSSR count). The van der Waals surface area contributed by atoms with Crippen LogP contribution in [0.25, 0.3) is 54.9 Å². The minimum atomic E-state index is -0.826. The molecule has 8 aromatic rings. The van der Waals surface area contributed by atoms with Crippen LogP contribution in [-0.4, -0.2) is 9.52 Å². The van der Waals surface area contributed by atoms with Crippen molar-refractivity contribution in [3.63, 3.8) is 0 Å². The van der Waals surface area contributed by atoms with Crippen molar-refractivity contribution in [1.82, 2.24) is 0 Å². The van der Waals surface area contributed by atoms with Gasteiger partial charge in [-0.2, -0.15) is 41.6 Å². The van der Waals surface area contributed by atoms with Gasteiger partial charge in [-0.1, -0.05) is 175 Å². The van der Waals surface area contributed by atoms with Gasteiger partial charge < -0.3 is 0 Å². The molecule has 0 unspecified atom stereocenters. The molecule has 1 aliphatic heterocycles. The topological polar surface area (TPSA) is 0 Å². The van der Waals surface area contributed by atoms with Gasteiger partial charge in [-0.25, -0.2) is 0 Å². The van der Waals surface area contributed by atoms with Crippen LogP contribution in [0.2, 0.25) is 0 Å². The van der Waals surface area contributed by atoms with E-state index < -0.39 is 20.8 Å². The van der Waals surface area contributed by atoms with E-state index in [2.05, 4.69) is 209 Å². The van der Waals surface area contributed by atoms with Crippen LogP contribution in [0, 0.1) is 6.07 Å². The third kappa shape index (κ3) is 10.8. The molecule has 0 spiro atoms. The Balaban J connectivity index is 0.000000155. The van der Waals surface area contributed by atoms with Crippen LogP contribution >= 0.6 is 17.0 Å². The van der Waals surface area contributed by atoms with E-state index in [1.54, 1.807) is 0 Å². The molecule has 62 heavy (non-hydrogen) atoms. The Morgan fingerprint density at radius 3 is 1.37 bits per heavy atom. The van der Waals surface area contributed by atoms with Crippen molar-refractivity contribution in [1.29, 1.82) is 0 Å². The summed E-state index contributed by atoms with van der Waals surface area (Å²) in [5.41, 5.74) is 17.2. The van der Waals surface area contributed by atoms with Crippen molar-refractivity contribution in [2.75, 3.05) is 0 Å². The summed E-state index contributed by atoms with van der Waals surface area (Å²) in [5, 5.41) is 8.41. The molecule has 0 aliphatic carbocycles. The first-order valence-corrected chi connectivity index (χ1v) is 29.7. The predicted octanol–water partition coefficient (Wildman–Crippen LogP) is 16.6. The zero-order valence-electron chi connectivity index (χ0n) is 38.3. The van der Waals surface area contributed by atoms with E-state index in [1.165, 1.54) is 98.7 Å². The van der Waals surface area contributed by atoms with Crippen molar-refractivity contribution in [2.24, 2.45) is 0 Å². The summed E-state index contributed by atoms with van der Waals surface area (Å²) in [5.74, 6) is 2.19. The predicted molar refractivity (Wildman–Crippen MR) is 273 cm³/mol. The molecule has 0 saturated heterocycles. The second-order valence-corrected chi connectivity index (χ2v) is 22.5. The van der Waals surface area contributed by atoms with E-state index in [9.17, 15) is 0 Å². The van der Waals surface area contributed by atoms with Gasteiger partial charge in [0.2, 0.25) is 0 Å². The third-order valence-corrected chi connectivity index (χ3v) is 13.5. The zero-order chi connectivity index (χ0) is 44.5. The Labute approximate surface area is 394 Å². The second kappa shape index (κ2) is 22.2. The number of rotatable bonds is 8. The minimum Gasteiger partial charge on any atom is -0.184 e. The number of hydrogen-bond acceptors (Lipinski definition) is 0. The molecule has 0 amide bonds. The summed E-state index contributed by atoms with van der Waals surface area (Å²) in [4.78, 5) is 0. The van der Waals surface area contributed by atoms with Crippen LogP contribution in [0.4, 0.5) is 0 Å². The quantitative estimate of drug-likeness (QED) is 0.105. The summed E-state index contributed by atoms with van der Waals surface area (Å²) >= 11 is -0.826. The van der Waals surface area contributed by atoms with Crippen LogP contribution in [0.1, 0.15) is 126 Å². The Hall–Kier alpha value is -3.78. The van der Waals surface area contributed by atoms with E-state index in [0.717, 1.165) is 22.4 Å². The van der Waals surface area contributed by atoms with Crippen molar-refractivity contribution >= 4 is 58.5 Å². The zero-order valence-corrected chi connectivity index (χ0v) is 43.2. The molecular weight excluding hydrogens is 887 g/mol. The van der Waals surface area contributed by atoms with Crippen molar-refractivity contribution in [3.8, 4) is 33.4 Å². The maximum absolute atomic E-state index is 4.93. The maximum Gasteiger partial charge on any atom is 0.0920 e. The molecule has 0 aromatic heterocycles. The molecule has 4 heteroatoms. The Morgan fingerprint density at radius 2 is 0.935 bits per heavy atom. The molecule has 0 fully saturated rings. The smallest absolute Gasteiger partial charge is 0.0920 e. The summed E-state index contributed by atoms with van der Waals surface area (Å²) in [6, 6.07) is 54.8. The van der Waals surface area contributed by atoms with E-state index >= 15 is 0 Å². The van der Waals surface area contributed by atoms with Gasteiger partial charge in [-0.15, -0.1) is 74.6 Å². The van der Waals surface area contributed by atoms with E-state index in [1.807, 2.05) is 6.07 Å². The van der Waals surface area contributed by atoms with Crippen LogP contribution < -0.4 is 10.4 Å². The molecule has 0 atom stereocenters. The SMILES string of the molecule is CCc1ccccc1-c1c(C(C)C)ccc2[cH-]c(C(C)C)cc12.CCc1ccccc1-c1c(C(C)C)ccc2[cH-]c(C(C)C)cc12.[Cl][Zr][Cl].[c-]1cccc2c1[Si]c1ccccc1-2. The number of fused-ring (bicyclic) bond motifs is 5. The number of aryl methyl sites for hydroxylation is 2. The summed E-state index contributed by atoms with van der Waals surface area (Å²) < 4.78 is 0. The van der Waals surface area contributed by atoms with Gasteiger partial charge >= 0.3 is 37.9 Å². The maximum atomic E-state index is 4.93. The van der Waals surface area contributed by atoms with Gasteiger partial charge in [0.25, 0.3) is 0 Å². The molecule has 0 bridgehead atoms. The molecule has 0 N–H and O–H groups in total. The normalized spacial score (nSPS) is 11.5. The largest absolute Gasteiger partial charge is 0.184 e.